The topological polar surface area (TPSA) is 66.9 Å². The predicted molar refractivity (Wildman–Crippen MR) is 101 cm³/mol. The van der Waals surface area contributed by atoms with E-state index < -0.39 is 18.4 Å². The Bertz CT molecular complexity index is 851. The highest BCUT2D eigenvalue weighted by Gasteiger charge is 2.26. The number of hydrogen-bond acceptors (Lipinski definition) is 5. The first-order valence-electron chi connectivity index (χ1n) is 8.18. The minimum Gasteiger partial charge on any atom is -0.452 e. The number of rotatable bonds is 4. The van der Waals surface area contributed by atoms with E-state index in [1.54, 1.807) is 15.9 Å². The Morgan fingerprint density at radius 2 is 1.81 bits per heavy atom. The van der Waals surface area contributed by atoms with E-state index in [1.807, 2.05) is 11.4 Å². The minimum absolute atomic E-state index is 0.0373. The van der Waals surface area contributed by atoms with Crippen molar-refractivity contribution in [3.8, 4) is 0 Å². The molecule has 27 heavy (non-hydrogen) atoms. The van der Waals surface area contributed by atoms with E-state index in [4.69, 9.17) is 4.74 Å². The van der Waals surface area contributed by atoms with Crippen LogP contribution in [0.15, 0.2) is 40.2 Å². The van der Waals surface area contributed by atoms with Gasteiger partial charge in [0.15, 0.2) is 6.61 Å². The largest absolute Gasteiger partial charge is 0.452 e. The maximum Gasteiger partial charge on any atom is 0.339 e. The summed E-state index contributed by atoms with van der Waals surface area (Å²) in [6.07, 6.45) is 0. The van der Waals surface area contributed by atoms with Crippen molar-refractivity contribution in [2.45, 2.75) is 0 Å². The summed E-state index contributed by atoms with van der Waals surface area (Å²) < 4.78 is 18.4. The van der Waals surface area contributed by atoms with Crippen molar-refractivity contribution >= 4 is 45.1 Å². The Balaban J connectivity index is 1.48. The van der Waals surface area contributed by atoms with Gasteiger partial charge in [-0.2, -0.15) is 0 Å². The number of piperazine rings is 1. The van der Waals surface area contributed by atoms with Crippen LogP contribution in [0.25, 0.3) is 0 Å². The van der Waals surface area contributed by atoms with Crippen LogP contribution in [-0.2, 0) is 9.53 Å². The molecule has 1 aliphatic rings. The van der Waals surface area contributed by atoms with Gasteiger partial charge in [-0.1, -0.05) is 6.07 Å². The number of carbonyl (C=O) groups is 3. The van der Waals surface area contributed by atoms with Crippen LogP contribution in [-0.4, -0.2) is 60.4 Å². The van der Waals surface area contributed by atoms with Crippen molar-refractivity contribution in [1.29, 1.82) is 0 Å². The molecule has 3 rings (SSSR count). The molecule has 1 saturated heterocycles. The molecule has 0 N–H and O–H groups in total. The van der Waals surface area contributed by atoms with Gasteiger partial charge in [0, 0.05) is 30.7 Å². The number of halogens is 2. The average molecular weight is 455 g/mol. The summed E-state index contributed by atoms with van der Waals surface area (Å²) in [7, 11) is 0. The zero-order chi connectivity index (χ0) is 19.4. The van der Waals surface area contributed by atoms with Gasteiger partial charge in [-0.25, -0.2) is 9.18 Å². The molecule has 2 heterocycles. The van der Waals surface area contributed by atoms with Crippen LogP contribution in [0.5, 0.6) is 0 Å². The number of nitrogens with zero attached hydrogens (tertiary/aromatic N) is 2. The number of ether oxygens (including phenoxy) is 1. The zero-order valence-corrected chi connectivity index (χ0v) is 16.6. The van der Waals surface area contributed by atoms with Gasteiger partial charge in [-0.3, -0.25) is 9.59 Å². The Morgan fingerprint density at radius 3 is 2.44 bits per heavy atom. The first-order valence-corrected chi connectivity index (χ1v) is 9.85. The van der Waals surface area contributed by atoms with Gasteiger partial charge in [-0.15, -0.1) is 11.3 Å². The summed E-state index contributed by atoms with van der Waals surface area (Å²) >= 11 is 4.48. The molecule has 1 fully saturated rings. The van der Waals surface area contributed by atoms with Crippen LogP contribution in [0.4, 0.5) is 4.39 Å². The molecule has 0 spiro atoms. The van der Waals surface area contributed by atoms with E-state index in [9.17, 15) is 18.8 Å². The van der Waals surface area contributed by atoms with Crippen molar-refractivity contribution < 1.29 is 23.5 Å². The van der Waals surface area contributed by atoms with E-state index in [1.165, 1.54) is 17.4 Å². The molecule has 1 aromatic carbocycles. The van der Waals surface area contributed by atoms with Gasteiger partial charge in [0.25, 0.3) is 11.8 Å². The summed E-state index contributed by atoms with van der Waals surface area (Å²) in [6.45, 7) is 1.23. The predicted octanol–water partition coefficient (Wildman–Crippen LogP) is 2.79. The zero-order valence-electron chi connectivity index (χ0n) is 14.2. The average Bonchev–Trinajstić information content (AvgIpc) is 3.20. The number of hydrogen-bond donors (Lipinski definition) is 0. The van der Waals surface area contributed by atoms with Crippen LogP contribution in [0.3, 0.4) is 0 Å². The second-order valence-corrected chi connectivity index (χ2v) is 7.65. The Morgan fingerprint density at radius 1 is 1.11 bits per heavy atom. The summed E-state index contributed by atoms with van der Waals surface area (Å²) in [5.41, 5.74) is 0.149. The van der Waals surface area contributed by atoms with Crippen LogP contribution >= 0.6 is 27.3 Å². The fraction of sp³-hybridized carbons (Fsp3) is 0.278. The first kappa shape index (κ1) is 19.5. The van der Waals surface area contributed by atoms with Gasteiger partial charge in [0.1, 0.15) is 5.82 Å². The number of benzene rings is 1. The normalized spacial score (nSPS) is 14.1. The summed E-state index contributed by atoms with van der Waals surface area (Å²) in [5, 5.41) is 1.85. The molecule has 1 aromatic heterocycles. The van der Waals surface area contributed by atoms with Gasteiger partial charge < -0.3 is 14.5 Å². The van der Waals surface area contributed by atoms with Gasteiger partial charge in [-0.05, 0) is 45.6 Å². The quantitative estimate of drug-likeness (QED) is 0.666. The van der Waals surface area contributed by atoms with Gasteiger partial charge in [0.05, 0.1) is 10.4 Å². The van der Waals surface area contributed by atoms with E-state index in [2.05, 4.69) is 15.9 Å². The number of carbonyl (C=O) groups excluding carboxylic acids is 3. The molecule has 142 valence electrons. The first-order chi connectivity index (χ1) is 13.0. The SMILES string of the molecule is O=C(OCC(=O)N1CCN(C(=O)c2cccs2)CC1)c1ccc(F)cc1Br. The summed E-state index contributed by atoms with van der Waals surface area (Å²) in [6, 6.07) is 7.19. The van der Waals surface area contributed by atoms with Crippen LogP contribution in [0.2, 0.25) is 0 Å². The fourth-order valence-electron chi connectivity index (χ4n) is 2.67. The lowest BCUT2D eigenvalue weighted by atomic mass is 10.2. The van der Waals surface area contributed by atoms with Crippen LogP contribution in [0.1, 0.15) is 20.0 Å². The van der Waals surface area contributed by atoms with E-state index >= 15 is 0 Å². The van der Waals surface area contributed by atoms with Crippen LogP contribution in [0, 0.1) is 5.82 Å². The highest BCUT2D eigenvalue weighted by atomic mass is 79.9. The molecule has 2 amide bonds. The maximum atomic E-state index is 13.1. The van der Waals surface area contributed by atoms with Crippen molar-refractivity contribution in [3.05, 3.63) is 56.4 Å². The Kier molecular flexibility index (Phi) is 6.22. The lowest BCUT2D eigenvalue weighted by Gasteiger charge is -2.34. The molecule has 0 bridgehead atoms. The van der Waals surface area contributed by atoms with E-state index in [-0.39, 0.29) is 21.9 Å². The lowest BCUT2D eigenvalue weighted by Crippen LogP contribution is -2.51. The molecule has 0 radical (unpaired) electrons. The third-order valence-corrected chi connectivity index (χ3v) is 5.64. The summed E-state index contributed by atoms with van der Waals surface area (Å²) in [4.78, 5) is 40.5. The second-order valence-electron chi connectivity index (χ2n) is 5.85. The molecule has 9 heteroatoms. The second kappa shape index (κ2) is 8.62. The third kappa shape index (κ3) is 4.72. The highest BCUT2D eigenvalue weighted by Crippen LogP contribution is 2.19. The highest BCUT2D eigenvalue weighted by molar-refractivity contribution is 9.10. The van der Waals surface area contributed by atoms with E-state index in [0.29, 0.717) is 31.1 Å². The van der Waals surface area contributed by atoms with Crippen molar-refractivity contribution in [2.75, 3.05) is 32.8 Å². The van der Waals surface area contributed by atoms with Gasteiger partial charge in [0.2, 0.25) is 0 Å². The lowest BCUT2D eigenvalue weighted by molar-refractivity contribution is -0.136. The minimum atomic E-state index is -0.707. The molecule has 6 nitrogen and oxygen atoms in total. The van der Waals surface area contributed by atoms with Crippen molar-refractivity contribution in [3.63, 3.8) is 0 Å². The molecule has 0 atom stereocenters. The Hall–Kier alpha value is -2.26. The van der Waals surface area contributed by atoms with Crippen molar-refractivity contribution in [1.82, 2.24) is 9.80 Å². The third-order valence-electron chi connectivity index (χ3n) is 4.13. The monoisotopic (exact) mass is 454 g/mol. The molecule has 0 aliphatic carbocycles. The van der Waals surface area contributed by atoms with Crippen LogP contribution < -0.4 is 0 Å². The standard InChI is InChI=1S/C18H16BrFN2O4S/c19-14-10-12(20)3-4-13(14)18(25)26-11-16(23)21-5-7-22(8-6-21)17(24)15-2-1-9-27-15/h1-4,9-10H,5-8,11H2. The maximum absolute atomic E-state index is 13.1. The molecule has 1 aliphatic heterocycles. The molecular formula is C18H16BrFN2O4S. The number of thiophene rings is 1. The van der Waals surface area contributed by atoms with E-state index in [0.717, 1.165) is 12.1 Å². The Labute approximate surface area is 167 Å². The summed E-state index contributed by atoms with van der Waals surface area (Å²) in [5.74, 6) is -1.55. The number of esters is 1. The molecular weight excluding hydrogens is 439 g/mol. The smallest absolute Gasteiger partial charge is 0.339 e. The van der Waals surface area contributed by atoms with Crippen molar-refractivity contribution in [2.24, 2.45) is 0 Å². The molecule has 0 unspecified atom stereocenters. The number of amides is 2. The molecule has 2 aromatic rings. The van der Waals surface area contributed by atoms with Gasteiger partial charge >= 0.3 is 5.97 Å². The molecule has 0 saturated carbocycles. The fourth-order valence-corrected chi connectivity index (χ4v) is 3.87.